The molecule has 2 heterocycles. The van der Waals surface area contributed by atoms with E-state index in [2.05, 4.69) is 20.4 Å². The second kappa shape index (κ2) is 7.33. The molecule has 7 heteroatoms. The summed E-state index contributed by atoms with van der Waals surface area (Å²) in [6.07, 6.45) is 6.70. The van der Waals surface area contributed by atoms with E-state index in [1.807, 2.05) is 11.6 Å². The van der Waals surface area contributed by atoms with E-state index in [0.717, 1.165) is 17.9 Å². The van der Waals surface area contributed by atoms with Crippen LogP contribution in [0.2, 0.25) is 5.02 Å². The molecule has 1 N–H and O–H groups in total. The van der Waals surface area contributed by atoms with Crippen LogP contribution in [0.25, 0.3) is 0 Å². The maximum Gasteiger partial charge on any atom is 0.0952 e. The summed E-state index contributed by atoms with van der Waals surface area (Å²) in [5, 5.41) is 8.28. The van der Waals surface area contributed by atoms with Crippen LogP contribution in [0.4, 0.5) is 0 Å². The summed E-state index contributed by atoms with van der Waals surface area (Å²) in [6.45, 7) is 4.03. The van der Waals surface area contributed by atoms with Crippen molar-refractivity contribution in [1.29, 1.82) is 0 Å². The first kappa shape index (κ1) is 14.9. The number of methoxy groups -OCH3 is 1. The highest BCUT2D eigenvalue weighted by Crippen LogP contribution is 2.26. The Morgan fingerprint density at radius 3 is 2.90 bits per heavy atom. The van der Waals surface area contributed by atoms with Gasteiger partial charge in [-0.15, -0.1) is 0 Å². The Labute approximate surface area is 123 Å². The molecule has 0 aromatic carbocycles. The summed E-state index contributed by atoms with van der Waals surface area (Å²) in [5.41, 5.74) is 1.70. The molecular formula is C13H18ClN5O. The minimum absolute atomic E-state index is 0.138. The zero-order valence-corrected chi connectivity index (χ0v) is 12.3. The molecule has 20 heavy (non-hydrogen) atoms. The van der Waals surface area contributed by atoms with E-state index >= 15 is 0 Å². The molecule has 0 radical (unpaired) electrons. The van der Waals surface area contributed by atoms with Gasteiger partial charge in [0.15, 0.2) is 0 Å². The zero-order chi connectivity index (χ0) is 14.4. The lowest BCUT2D eigenvalue weighted by Gasteiger charge is -2.19. The standard InChI is InChI=1S/C13H18ClN5O/c1-3-16-12(11-9-15-4-5-17-11)13-10(14)8-18-19(13)6-7-20-2/h4-5,8-9,12,16H,3,6-7H2,1-2H3. The maximum atomic E-state index is 6.29. The number of hydrogen-bond acceptors (Lipinski definition) is 5. The highest BCUT2D eigenvalue weighted by Gasteiger charge is 2.22. The van der Waals surface area contributed by atoms with Gasteiger partial charge in [0.2, 0.25) is 0 Å². The van der Waals surface area contributed by atoms with Crippen LogP contribution < -0.4 is 5.32 Å². The zero-order valence-electron chi connectivity index (χ0n) is 11.6. The van der Waals surface area contributed by atoms with Crippen molar-refractivity contribution in [1.82, 2.24) is 25.1 Å². The van der Waals surface area contributed by atoms with Gasteiger partial charge in [0.1, 0.15) is 0 Å². The number of nitrogens with zero attached hydrogens (tertiary/aromatic N) is 4. The summed E-state index contributed by atoms with van der Waals surface area (Å²) in [5.74, 6) is 0. The molecule has 0 aliphatic heterocycles. The van der Waals surface area contributed by atoms with Crippen LogP contribution in [0, 0.1) is 0 Å². The molecule has 2 rings (SSSR count). The number of ether oxygens (including phenoxy) is 1. The molecule has 0 saturated heterocycles. The van der Waals surface area contributed by atoms with Crippen molar-refractivity contribution in [2.75, 3.05) is 20.3 Å². The molecule has 1 atom stereocenters. The van der Waals surface area contributed by atoms with Crippen molar-refractivity contribution in [3.63, 3.8) is 0 Å². The number of aromatic nitrogens is 4. The van der Waals surface area contributed by atoms with Crippen LogP contribution in [0.5, 0.6) is 0 Å². The van der Waals surface area contributed by atoms with Crippen molar-refractivity contribution in [3.8, 4) is 0 Å². The van der Waals surface area contributed by atoms with Gasteiger partial charge in [-0.2, -0.15) is 5.10 Å². The second-order valence-electron chi connectivity index (χ2n) is 4.21. The number of halogens is 1. The maximum absolute atomic E-state index is 6.29. The van der Waals surface area contributed by atoms with Crippen molar-refractivity contribution < 1.29 is 4.74 Å². The lowest BCUT2D eigenvalue weighted by molar-refractivity contribution is 0.182. The number of hydrogen-bond donors (Lipinski definition) is 1. The SMILES string of the molecule is CCNC(c1cnccn1)c1c(Cl)cnn1CCOC. The monoisotopic (exact) mass is 295 g/mol. The first-order valence-corrected chi connectivity index (χ1v) is 6.85. The molecule has 2 aromatic rings. The lowest BCUT2D eigenvalue weighted by Crippen LogP contribution is -2.26. The van der Waals surface area contributed by atoms with E-state index in [9.17, 15) is 0 Å². The van der Waals surface area contributed by atoms with Gasteiger partial charge in [-0.3, -0.25) is 14.6 Å². The van der Waals surface area contributed by atoms with Gasteiger partial charge in [-0.05, 0) is 6.54 Å². The highest BCUT2D eigenvalue weighted by molar-refractivity contribution is 6.31. The largest absolute Gasteiger partial charge is 0.383 e. The third-order valence-corrected chi connectivity index (χ3v) is 3.19. The van der Waals surface area contributed by atoms with Crippen LogP contribution in [0.1, 0.15) is 24.4 Å². The van der Waals surface area contributed by atoms with E-state index in [1.54, 1.807) is 31.9 Å². The molecule has 108 valence electrons. The minimum Gasteiger partial charge on any atom is -0.383 e. The minimum atomic E-state index is -0.138. The van der Waals surface area contributed by atoms with Crippen molar-refractivity contribution in [2.24, 2.45) is 0 Å². The molecule has 0 spiro atoms. The Bertz CT molecular complexity index is 531. The first-order valence-electron chi connectivity index (χ1n) is 6.47. The predicted octanol–water partition coefficient (Wildman–Crippen LogP) is 1.67. The molecule has 1 unspecified atom stereocenters. The Balaban J connectivity index is 2.36. The molecular weight excluding hydrogens is 278 g/mol. The summed E-state index contributed by atoms with van der Waals surface area (Å²) < 4.78 is 6.94. The predicted molar refractivity (Wildman–Crippen MR) is 76.7 cm³/mol. The second-order valence-corrected chi connectivity index (χ2v) is 4.62. The third kappa shape index (κ3) is 3.33. The topological polar surface area (TPSA) is 64.9 Å². The fourth-order valence-electron chi connectivity index (χ4n) is 2.02. The smallest absolute Gasteiger partial charge is 0.0952 e. The van der Waals surface area contributed by atoms with Crippen LogP contribution in [-0.2, 0) is 11.3 Å². The Morgan fingerprint density at radius 2 is 2.25 bits per heavy atom. The van der Waals surface area contributed by atoms with Crippen LogP contribution in [0.3, 0.4) is 0 Å². The van der Waals surface area contributed by atoms with Gasteiger partial charge in [-0.1, -0.05) is 18.5 Å². The Kier molecular flexibility index (Phi) is 5.46. The third-order valence-electron chi connectivity index (χ3n) is 2.90. The summed E-state index contributed by atoms with van der Waals surface area (Å²) in [7, 11) is 1.66. The summed E-state index contributed by atoms with van der Waals surface area (Å²) in [4.78, 5) is 8.48. The Morgan fingerprint density at radius 1 is 1.40 bits per heavy atom. The molecule has 0 fully saturated rings. The van der Waals surface area contributed by atoms with Gasteiger partial charge < -0.3 is 10.1 Å². The van der Waals surface area contributed by atoms with Gasteiger partial charge in [0.05, 0.1) is 48.0 Å². The molecule has 0 aliphatic rings. The van der Waals surface area contributed by atoms with Crippen LogP contribution in [-0.4, -0.2) is 40.0 Å². The lowest BCUT2D eigenvalue weighted by atomic mass is 10.1. The molecule has 6 nitrogen and oxygen atoms in total. The van der Waals surface area contributed by atoms with Gasteiger partial charge in [0, 0.05) is 19.5 Å². The van der Waals surface area contributed by atoms with Gasteiger partial charge in [0.25, 0.3) is 0 Å². The van der Waals surface area contributed by atoms with Crippen molar-refractivity contribution in [3.05, 3.63) is 41.2 Å². The number of nitrogens with one attached hydrogen (secondary N) is 1. The summed E-state index contributed by atoms with van der Waals surface area (Å²) in [6, 6.07) is -0.138. The number of rotatable bonds is 7. The molecule has 0 bridgehead atoms. The van der Waals surface area contributed by atoms with E-state index in [4.69, 9.17) is 16.3 Å². The Hall–Kier alpha value is -1.50. The summed E-state index contributed by atoms with van der Waals surface area (Å²) >= 11 is 6.29. The molecule has 0 aliphatic carbocycles. The van der Waals surface area contributed by atoms with Crippen LogP contribution >= 0.6 is 11.6 Å². The van der Waals surface area contributed by atoms with Crippen molar-refractivity contribution >= 4 is 11.6 Å². The normalized spacial score (nSPS) is 12.6. The highest BCUT2D eigenvalue weighted by atomic mass is 35.5. The molecule has 2 aromatic heterocycles. The first-order chi connectivity index (χ1) is 9.77. The van der Waals surface area contributed by atoms with E-state index in [1.165, 1.54) is 0 Å². The molecule has 0 saturated carbocycles. The van der Waals surface area contributed by atoms with E-state index < -0.39 is 0 Å². The van der Waals surface area contributed by atoms with Crippen LogP contribution in [0.15, 0.2) is 24.8 Å². The van der Waals surface area contributed by atoms with E-state index in [-0.39, 0.29) is 6.04 Å². The fraction of sp³-hybridized carbons (Fsp3) is 0.462. The molecule has 0 amide bonds. The van der Waals surface area contributed by atoms with Gasteiger partial charge >= 0.3 is 0 Å². The fourth-order valence-corrected chi connectivity index (χ4v) is 2.27. The van der Waals surface area contributed by atoms with Crippen molar-refractivity contribution in [2.45, 2.75) is 19.5 Å². The average Bonchev–Trinajstić information content (AvgIpc) is 2.84. The van der Waals surface area contributed by atoms with E-state index in [0.29, 0.717) is 18.2 Å². The quantitative estimate of drug-likeness (QED) is 0.842. The average molecular weight is 296 g/mol. The van der Waals surface area contributed by atoms with Gasteiger partial charge in [-0.25, -0.2) is 0 Å².